The van der Waals surface area contributed by atoms with Crippen LogP contribution in [0.4, 0.5) is 16.2 Å². The Morgan fingerprint density at radius 3 is 2.69 bits per heavy atom. The Kier molecular flexibility index (Phi) is 3.99. The number of methoxy groups -OCH3 is 1. The molecule has 0 aliphatic heterocycles. The summed E-state index contributed by atoms with van der Waals surface area (Å²) in [4.78, 5) is 11.5. The average Bonchev–Trinajstić information content (AvgIpc) is 2.16. The molecule has 0 aromatic heterocycles. The predicted molar refractivity (Wildman–Crippen MR) is 64.7 cm³/mol. The first-order valence-corrected chi connectivity index (χ1v) is 5.04. The van der Waals surface area contributed by atoms with Crippen molar-refractivity contribution >= 4 is 17.4 Å². The molecule has 5 heteroatoms. The van der Waals surface area contributed by atoms with Gasteiger partial charge >= 0.3 is 6.03 Å². The van der Waals surface area contributed by atoms with Crippen molar-refractivity contribution in [1.82, 2.24) is 5.32 Å². The number of hydrogen-bond acceptors (Lipinski definition) is 3. The Balaban J connectivity index is 2.79. The van der Waals surface area contributed by atoms with Gasteiger partial charge in [0.25, 0.3) is 0 Å². The molecule has 0 saturated heterocycles. The zero-order chi connectivity index (χ0) is 12.1. The molecule has 0 saturated carbocycles. The molecule has 0 aliphatic rings. The highest BCUT2D eigenvalue weighted by atomic mass is 16.5. The summed E-state index contributed by atoms with van der Waals surface area (Å²) < 4.78 is 5.11. The summed E-state index contributed by atoms with van der Waals surface area (Å²) in [5, 5.41) is 5.39. The van der Waals surface area contributed by atoms with Crippen LogP contribution in [0.3, 0.4) is 0 Å². The van der Waals surface area contributed by atoms with Crippen molar-refractivity contribution in [3.63, 3.8) is 0 Å². The number of carbonyl (C=O) groups is 1. The van der Waals surface area contributed by atoms with E-state index in [1.165, 1.54) is 7.11 Å². The van der Waals surface area contributed by atoms with Crippen LogP contribution in [0.15, 0.2) is 18.2 Å². The van der Waals surface area contributed by atoms with Gasteiger partial charge in [-0.25, -0.2) is 4.79 Å². The number of benzene rings is 1. The third kappa shape index (κ3) is 3.34. The van der Waals surface area contributed by atoms with Gasteiger partial charge in [-0.1, -0.05) is 0 Å². The maximum absolute atomic E-state index is 11.5. The lowest BCUT2D eigenvalue weighted by molar-refractivity contribution is 0.250. The number of amides is 2. The summed E-state index contributed by atoms with van der Waals surface area (Å²) >= 11 is 0. The molecule has 0 spiro atoms. The Morgan fingerprint density at radius 2 is 2.12 bits per heavy atom. The lowest BCUT2D eigenvalue weighted by atomic mass is 10.2. The summed E-state index contributed by atoms with van der Waals surface area (Å²) in [6.07, 6.45) is 0. The number of nitrogen functional groups attached to an aromatic ring is 1. The van der Waals surface area contributed by atoms with Crippen molar-refractivity contribution < 1.29 is 9.53 Å². The fourth-order valence-electron chi connectivity index (χ4n) is 1.24. The minimum atomic E-state index is -0.279. The van der Waals surface area contributed by atoms with Crippen molar-refractivity contribution in [2.45, 2.75) is 19.9 Å². The van der Waals surface area contributed by atoms with Gasteiger partial charge in [0.05, 0.1) is 12.8 Å². The number of rotatable bonds is 3. The zero-order valence-electron chi connectivity index (χ0n) is 9.70. The second-order valence-electron chi connectivity index (χ2n) is 3.71. The van der Waals surface area contributed by atoms with Gasteiger partial charge in [0.1, 0.15) is 5.75 Å². The van der Waals surface area contributed by atoms with Crippen LogP contribution < -0.4 is 21.1 Å². The zero-order valence-corrected chi connectivity index (χ0v) is 9.70. The number of ether oxygens (including phenoxy) is 1. The van der Waals surface area contributed by atoms with Gasteiger partial charge in [-0.15, -0.1) is 0 Å². The number of anilines is 2. The molecule has 1 aromatic rings. The molecule has 5 nitrogen and oxygen atoms in total. The van der Waals surface area contributed by atoms with E-state index in [-0.39, 0.29) is 12.1 Å². The summed E-state index contributed by atoms with van der Waals surface area (Å²) in [6.45, 7) is 3.77. The van der Waals surface area contributed by atoms with Crippen LogP contribution in [0, 0.1) is 0 Å². The van der Waals surface area contributed by atoms with Crippen molar-refractivity contribution in [2.75, 3.05) is 18.2 Å². The van der Waals surface area contributed by atoms with Gasteiger partial charge in [-0.3, -0.25) is 0 Å². The lowest BCUT2D eigenvalue weighted by Gasteiger charge is -2.13. The molecule has 16 heavy (non-hydrogen) atoms. The third-order valence-electron chi connectivity index (χ3n) is 1.89. The lowest BCUT2D eigenvalue weighted by Crippen LogP contribution is -2.34. The van der Waals surface area contributed by atoms with Gasteiger partial charge in [0.15, 0.2) is 0 Å². The Labute approximate surface area is 95.0 Å². The molecule has 0 atom stereocenters. The van der Waals surface area contributed by atoms with Crippen LogP contribution in [0.1, 0.15) is 13.8 Å². The molecule has 1 aromatic carbocycles. The van der Waals surface area contributed by atoms with E-state index < -0.39 is 0 Å². The molecule has 0 heterocycles. The molecular formula is C11H17N3O2. The SMILES string of the molecule is COc1ccc(N)cc1NC(=O)NC(C)C. The smallest absolute Gasteiger partial charge is 0.319 e. The molecule has 4 N–H and O–H groups in total. The molecule has 2 amide bonds. The molecule has 0 unspecified atom stereocenters. The van der Waals surface area contributed by atoms with Gasteiger partial charge in [-0.05, 0) is 32.0 Å². The highest BCUT2D eigenvalue weighted by Gasteiger charge is 2.08. The maximum atomic E-state index is 11.5. The van der Waals surface area contributed by atoms with E-state index in [1.54, 1.807) is 18.2 Å². The van der Waals surface area contributed by atoms with Gasteiger partial charge in [-0.2, -0.15) is 0 Å². The molecule has 0 radical (unpaired) electrons. The minimum absolute atomic E-state index is 0.0760. The number of hydrogen-bond donors (Lipinski definition) is 3. The first-order chi connectivity index (χ1) is 7.52. The standard InChI is InChI=1S/C11H17N3O2/c1-7(2)13-11(15)14-9-6-8(12)4-5-10(9)16-3/h4-7H,12H2,1-3H3,(H2,13,14,15). The molecule has 0 fully saturated rings. The molecule has 1 rings (SSSR count). The predicted octanol–water partition coefficient (Wildman–Crippen LogP) is 1.81. The molecule has 0 bridgehead atoms. The van der Waals surface area contributed by atoms with Crippen LogP contribution in [0.5, 0.6) is 5.75 Å². The van der Waals surface area contributed by atoms with Crippen LogP contribution >= 0.6 is 0 Å². The van der Waals surface area contributed by atoms with E-state index in [1.807, 2.05) is 13.8 Å². The molecule has 88 valence electrons. The number of nitrogens with one attached hydrogen (secondary N) is 2. The number of urea groups is 1. The molecule has 0 aliphatic carbocycles. The summed E-state index contributed by atoms with van der Waals surface area (Å²) in [5.74, 6) is 0.577. The Morgan fingerprint density at radius 1 is 1.44 bits per heavy atom. The second-order valence-corrected chi connectivity index (χ2v) is 3.71. The van der Waals surface area contributed by atoms with E-state index in [2.05, 4.69) is 10.6 Å². The largest absolute Gasteiger partial charge is 0.495 e. The average molecular weight is 223 g/mol. The van der Waals surface area contributed by atoms with Gasteiger partial charge in [0, 0.05) is 11.7 Å². The van der Waals surface area contributed by atoms with Crippen molar-refractivity contribution in [3.05, 3.63) is 18.2 Å². The van der Waals surface area contributed by atoms with E-state index in [0.29, 0.717) is 17.1 Å². The first kappa shape index (κ1) is 12.2. The number of nitrogens with two attached hydrogens (primary N) is 1. The van der Waals surface area contributed by atoms with Crippen molar-refractivity contribution in [3.8, 4) is 5.75 Å². The topological polar surface area (TPSA) is 76.4 Å². The van der Waals surface area contributed by atoms with E-state index in [9.17, 15) is 4.79 Å². The fraction of sp³-hybridized carbons (Fsp3) is 0.364. The summed E-state index contributed by atoms with van der Waals surface area (Å²) in [5.41, 5.74) is 6.76. The molecular weight excluding hydrogens is 206 g/mol. The van der Waals surface area contributed by atoms with Crippen LogP contribution in [-0.2, 0) is 0 Å². The quantitative estimate of drug-likeness (QED) is 0.684. The summed E-state index contributed by atoms with van der Waals surface area (Å²) in [6, 6.07) is 4.87. The van der Waals surface area contributed by atoms with Crippen LogP contribution in [0.2, 0.25) is 0 Å². The van der Waals surface area contributed by atoms with E-state index in [0.717, 1.165) is 0 Å². The third-order valence-corrected chi connectivity index (χ3v) is 1.89. The minimum Gasteiger partial charge on any atom is -0.495 e. The highest BCUT2D eigenvalue weighted by Crippen LogP contribution is 2.26. The van der Waals surface area contributed by atoms with E-state index >= 15 is 0 Å². The first-order valence-electron chi connectivity index (χ1n) is 5.04. The fourth-order valence-corrected chi connectivity index (χ4v) is 1.24. The normalized spacial score (nSPS) is 10.0. The van der Waals surface area contributed by atoms with Gasteiger partial charge in [0.2, 0.25) is 0 Å². The summed E-state index contributed by atoms with van der Waals surface area (Å²) in [7, 11) is 1.54. The maximum Gasteiger partial charge on any atom is 0.319 e. The van der Waals surface area contributed by atoms with E-state index in [4.69, 9.17) is 10.5 Å². The monoisotopic (exact) mass is 223 g/mol. The highest BCUT2D eigenvalue weighted by molar-refractivity contribution is 5.91. The Bertz CT molecular complexity index is 377. The Hall–Kier alpha value is -1.91. The van der Waals surface area contributed by atoms with Crippen molar-refractivity contribution in [2.24, 2.45) is 0 Å². The van der Waals surface area contributed by atoms with Crippen LogP contribution in [0.25, 0.3) is 0 Å². The van der Waals surface area contributed by atoms with Crippen LogP contribution in [-0.4, -0.2) is 19.2 Å². The van der Waals surface area contributed by atoms with Gasteiger partial charge < -0.3 is 21.1 Å². The second kappa shape index (κ2) is 5.25. The number of carbonyl (C=O) groups excluding carboxylic acids is 1. The van der Waals surface area contributed by atoms with Crippen molar-refractivity contribution in [1.29, 1.82) is 0 Å².